The van der Waals surface area contributed by atoms with Gasteiger partial charge in [-0.3, -0.25) is 0 Å². The third-order valence-electron chi connectivity index (χ3n) is 5.75. The Labute approximate surface area is 176 Å². The summed E-state index contributed by atoms with van der Waals surface area (Å²) in [4.78, 5) is 7.36. The van der Waals surface area contributed by atoms with Gasteiger partial charge >= 0.3 is 0 Å². The van der Waals surface area contributed by atoms with E-state index >= 15 is 0 Å². The number of aryl methyl sites for hydroxylation is 1. The first-order valence-corrected chi connectivity index (χ1v) is 11.2. The van der Waals surface area contributed by atoms with Crippen molar-refractivity contribution in [3.63, 3.8) is 0 Å². The number of ether oxygens (including phenoxy) is 2. The van der Waals surface area contributed by atoms with E-state index < -0.39 is 0 Å². The lowest BCUT2D eigenvalue weighted by Gasteiger charge is -2.30. The van der Waals surface area contributed by atoms with Crippen molar-refractivity contribution < 1.29 is 9.47 Å². The zero-order chi connectivity index (χ0) is 20.5. The van der Waals surface area contributed by atoms with Crippen LogP contribution in [0.3, 0.4) is 0 Å². The smallest absolute Gasteiger partial charge is 0.191 e. The summed E-state index contributed by atoms with van der Waals surface area (Å²) in [5.41, 5.74) is 2.32. The predicted octanol–water partition coefficient (Wildman–Crippen LogP) is 2.95. The van der Waals surface area contributed by atoms with Gasteiger partial charge in [-0.15, -0.1) is 0 Å². The van der Waals surface area contributed by atoms with Crippen molar-refractivity contribution in [2.45, 2.75) is 52.7 Å². The molecule has 0 aliphatic carbocycles. The number of guanidine groups is 1. The Morgan fingerprint density at radius 2 is 2.07 bits per heavy atom. The number of benzene rings is 1. The number of aliphatic imine (C=N–C) groups is 1. The summed E-state index contributed by atoms with van der Waals surface area (Å²) in [6.07, 6.45) is 3.74. The lowest BCUT2D eigenvalue weighted by molar-refractivity contribution is 0.140. The summed E-state index contributed by atoms with van der Waals surface area (Å²) < 4.78 is 11.7. The van der Waals surface area contributed by atoms with Gasteiger partial charge < -0.3 is 25.0 Å². The zero-order valence-electron chi connectivity index (χ0n) is 18.4. The van der Waals surface area contributed by atoms with Crippen LogP contribution in [0.15, 0.2) is 23.2 Å². The van der Waals surface area contributed by atoms with Crippen molar-refractivity contribution in [1.82, 2.24) is 15.5 Å². The monoisotopic (exact) mass is 402 g/mol. The van der Waals surface area contributed by atoms with Gasteiger partial charge in [0, 0.05) is 31.6 Å². The lowest BCUT2D eigenvalue weighted by Crippen LogP contribution is -2.43. The van der Waals surface area contributed by atoms with E-state index in [-0.39, 0.29) is 6.10 Å². The molecular weight excluding hydrogens is 364 g/mol. The molecule has 6 nitrogen and oxygen atoms in total. The van der Waals surface area contributed by atoms with E-state index in [1.165, 1.54) is 31.5 Å². The molecule has 2 N–H and O–H groups in total. The third-order valence-corrected chi connectivity index (χ3v) is 5.75. The molecule has 0 spiro atoms. The fourth-order valence-corrected chi connectivity index (χ4v) is 3.81. The highest BCUT2D eigenvalue weighted by Gasteiger charge is 2.19. The summed E-state index contributed by atoms with van der Waals surface area (Å²) in [6, 6.07) is 6.36. The van der Waals surface area contributed by atoms with Gasteiger partial charge in [-0.25, -0.2) is 4.99 Å². The number of nitrogens with one attached hydrogen (secondary N) is 2. The van der Waals surface area contributed by atoms with Crippen LogP contribution in [-0.4, -0.2) is 62.9 Å². The van der Waals surface area contributed by atoms with Crippen LogP contribution in [-0.2, 0) is 11.3 Å². The molecular formula is C23H38N4O2. The minimum Gasteiger partial charge on any atom is -0.488 e. The van der Waals surface area contributed by atoms with Crippen molar-refractivity contribution in [3.8, 4) is 5.75 Å². The summed E-state index contributed by atoms with van der Waals surface area (Å²) >= 11 is 0. The molecule has 2 fully saturated rings. The molecule has 0 amide bonds. The highest BCUT2D eigenvalue weighted by Crippen LogP contribution is 2.24. The van der Waals surface area contributed by atoms with E-state index in [0.29, 0.717) is 13.2 Å². The molecule has 2 saturated heterocycles. The molecule has 0 bridgehead atoms. The Morgan fingerprint density at radius 3 is 2.79 bits per heavy atom. The summed E-state index contributed by atoms with van der Waals surface area (Å²) in [5, 5.41) is 6.85. The van der Waals surface area contributed by atoms with Crippen molar-refractivity contribution in [2.75, 3.05) is 45.9 Å². The van der Waals surface area contributed by atoms with E-state index in [2.05, 4.69) is 54.5 Å². The second-order valence-corrected chi connectivity index (χ2v) is 8.36. The summed E-state index contributed by atoms with van der Waals surface area (Å²) in [5.74, 6) is 2.68. The second kappa shape index (κ2) is 11.4. The van der Waals surface area contributed by atoms with Crippen LogP contribution in [0.4, 0.5) is 0 Å². The first kappa shape index (κ1) is 21.9. The highest BCUT2D eigenvalue weighted by molar-refractivity contribution is 5.79. The molecule has 29 heavy (non-hydrogen) atoms. The molecule has 1 unspecified atom stereocenters. The maximum atomic E-state index is 6.21. The van der Waals surface area contributed by atoms with Crippen LogP contribution in [0.5, 0.6) is 5.75 Å². The quantitative estimate of drug-likeness (QED) is 0.517. The molecule has 1 aromatic rings. The van der Waals surface area contributed by atoms with Crippen molar-refractivity contribution in [2.24, 2.45) is 10.9 Å². The zero-order valence-corrected chi connectivity index (χ0v) is 18.4. The molecule has 162 valence electrons. The molecule has 0 aromatic heterocycles. The SMILES string of the molecule is CCNC(=NCc1ccc(C)cc1OC1CCOC1)NCCN1CCC(C)CC1. The number of nitrogens with zero attached hydrogens (tertiary/aromatic N) is 2. The van der Waals surface area contributed by atoms with E-state index in [4.69, 9.17) is 14.5 Å². The number of hydrogen-bond acceptors (Lipinski definition) is 4. The lowest BCUT2D eigenvalue weighted by atomic mass is 9.99. The van der Waals surface area contributed by atoms with Crippen LogP contribution in [0.25, 0.3) is 0 Å². The molecule has 1 atom stereocenters. The Balaban J connectivity index is 1.54. The molecule has 2 aliphatic heterocycles. The van der Waals surface area contributed by atoms with Gasteiger partial charge in [-0.2, -0.15) is 0 Å². The van der Waals surface area contributed by atoms with E-state index in [1.807, 2.05) is 0 Å². The minimum absolute atomic E-state index is 0.151. The van der Waals surface area contributed by atoms with Gasteiger partial charge in [0.25, 0.3) is 0 Å². The third kappa shape index (κ3) is 7.19. The Morgan fingerprint density at radius 1 is 1.24 bits per heavy atom. The number of hydrogen-bond donors (Lipinski definition) is 2. The first-order chi connectivity index (χ1) is 14.1. The molecule has 1 aromatic carbocycles. The average Bonchev–Trinajstić information content (AvgIpc) is 3.22. The first-order valence-electron chi connectivity index (χ1n) is 11.2. The molecule has 3 rings (SSSR count). The van der Waals surface area contributed by atoms with Crippen LogP contribution in [0.1, 0.15) is 44.2 Å². The van der Waals surface area contributed by atoms with Gasteiger partial charge in [-0.1, -0.05) is 19.1 Å². The van der Waals surface area contributed by atoms with Gasteiger partial charge in [-0.05, 0) is 57.3 Å². The van der Waals surface area contributed by atoms with Gasteiger partial charge in [0.1, 0.15) is 11.9 Å². The van der Waals surface area contributed by atoms with Crippen LogP contribution < -0.4 is 15.4 Å². The maximum absolute atomic E-state index is 6.21. The maximum Gasteiger partial charge on any atom is 0.191 e. The molecule has 0 radical (unpaired) electrons. The van der Waals surface area contributed by atoms with Crippen molar-refractivity contribution in [3.05, 3.63) is 29.3 Å². The topological polar surface area (TPSA) is 58.1 Å². The van der Waals surface area contributed by atoms with Gasteiger partial charge in [0.05, 0.1) is 19.8 Å². The fourth-order valence-electron chi connectivity index (χ4n) is 3.81. The molecule has 6 heteroatoms. The standard InChI is InChI=1S/C23H38N4O2/c1-4-24-23(25-10-13-27-11-7-18(2)8-12-27)26-16-20-6-5-19(3)15-22(20)29-21-9-14-28-17-21/h5-6,15,18,21H,4,7-14,16-17H2,1-3H3,(H2,24,25,26). The number of likely N-dealkylation sites (tertiary alicyclic amines) is 1. The average molecular weight is 403 g/mol. The van der Waals surface area contributed by atoms with Crippen LogP contribution >= 0.6 is 0 Å². The molecule has 2 aliphatic rings. The predicted molar refractivity (Wildman–Crippen MR) is 119 cm³/mol. The molecule has 0 saturated carbocycles. The van der Waals surface area contributed by atoms with E-state index in [9.17, 15) is 0 Å². The Kier molecular flexibility index (Phi) is 8.62. The number of piperidine rings is 1. The number of rotatable bonds is 8. The molecule has 2 heterocycles. The normalized spacial score (nSPS) is 21.3. The van der Waals surface area contributed by atoms with Gasteiger partial charge in [0.2, 0.25) is 0 Å². The summed E-state index contributed by atoms with van der Waals surface area (Å²) in [7, 11) is 0. The van der Waals surface area contributed by atoms with Crippen molar-refractivity contribution >= 4 is 5.96 Å². The minimum atomic E-state index is 0.151. The van der Waals surface area contributed by atoms with Gasteiger partial charge in [0.15, 0.2) is 5.96 Å². The van der Waals surface area contributed by atoms with E-state index in [1.54, 1.807) is 0 Å². The summed E-state index contributed by atoms with van der Waals surface area (Å²) in [6.45, 7) is 13.9. The second-order valence-electron chi connectivity index (χ2n) is 8.36. The van der Waals surface area contributed by atoms with Crippen molar-refractivity contribution in [1.29, 1.82) is 0 Å². The Bertz CT molecular complexity index is 650. The fraction of sp³-hybridized carbons (Fsp3) is 0.696. The largest absolute Gasteiger partial charge is 0.488 e. The van der Waals surface area contributed by atoms with Crippen LogP contribution in [0.2, 0.25) is 0 Å². The van der Waals surface area contributed by atoms with Crippen LogP contribution in [0, 0.1) is 12.8 Å². The highest BCUT2D eigenvalue weighted by atomic mass is 16.5. The Hall–Kier alpha value is -1.79. The van der Waals surface area contributed by atoms with E-state index in [0.717, 1.165) is 55.9 Å².